The second-order valence-corrected chi connectivity index (χ2v) is 9.82. The summed E-state index contributed by atoms with van der Waals surface area (Å²) in [6, 6.07) is 31.1. The van der Waals surface area contributed by atoms with Crippen molar-refractivity contribution < 1.29 is 17.9 Å². The quantitative estimate of drug-likeness (QED) is 0.336. The van der Waals surface area contributed by atoms with Gasteiger partial charge in [-0.05, 0) is 67.4 Å². The zero-order valence-corrected chi connectivity index (χ0v) is 20.0. The van der Waals surface area contributed by atoms with Crippen LogP contribution in [0.3, 0.4) is 0 Å². The molecule has 0 aliphatic rings. The number of carbonyl (C=O) groups is 1. The van der Waals surface area contributed by atoms with Crippen molar-refractivity contribution in [3.05, 3.63) is 120 Å². The highest BCUT2D eigenvalue weighted by Gasteiger charge is 2.26. The maximum absolute atomic E-state index is 13.2. The number of benzene rings is 4. The zero-order valence-electron chi connectivity index (χ0n) is 19.2. The Morgan fingerprint density at radius 3 is 1.97 bits per heavy atom. The smallest absolute Gasteiger partial charge is 0.242 e. The maximum Gasteiger partial charge on any atom is 0.242 e. The number of sulfonamides is 1. The summed E-state index contributed by atoms with van der Waals surface area (Å²) in [5.41, 5.74) is 2.32. The minimum Gasteiger partial charge on any atom is -0.457 e. The molecule has 0 aromatic heterocycles. The summed E-state index contributed by atoms with van der Waals surface area (Å²) in [4.78, 5) is 13.3. The Kier molecular flexibility index (Phi) is 7.60. The SMILES string of the molecule is Cc1ccc(S(=O)(=O)NC(Cc2ccccc2)C(=O)Nc2ccc(Oc3ccccc3)cc2)cc1. The molecular formula is C28H26N2O4S. The molecule has 1 atom stereocenters. The van der Waals surface area contributed by atoms with Gasteiger partial charge in [0.05, 0.1) is 4.90 Å². The van der Waals surface area contributed by atoms with Crippen molar-refractivity contribution in [1.29, 1.82) is 0 Å². The number of ether oxygens (including phenoxy) is 1. The average molecular weight is 487 g/mol. The van der Waals surface area contributed by atoms with Crippen LogP contribution in [0.5, 0.6) is 11.5 Å². The largest absolute Gasteiger partial charge is 0.457 e. The average Bonchev–Trinajstić information content (AvgIpc) is 2.86. The second-order valence-electron chi connectivity index (χ2n) is 8.11. The van der Waals surface area contributed by atoms with E-state index in [4.69, 9.17) is 4.74 Å². The Morgan fingerprint density at radius 1 is 0.771 bits per heavy atom. The van der Waals surface area contributed by atoms with Crippen LogP contribution in [0.15, 0.2) is 114 Å². The minimum absolute atomic E-state index is 0.108. The molecule has 0 saturated carbocycles. The molecule has 0 saturated heterocycles. The van der Waals surface area contributed by atoms with E-state index in [1.165, 1.54) is 12.1 Å². The fraction of sp³-hybridized carbons (Fsp3) is 0.107. The van der Waals surface area contributed by atoms with Crippen molar-refractivity contribution in [2.75, 3.05) is 5.32 Å². The van der Waals surface area contributed by atoms with Gasteiger partial charge in [0.1, 0.15) is 17.5 Å². The molecule has 178 valence electrons. The Hall–Kier alpha value is -3.94. The summed E-state index contributed by atoms with van der Waals surface area (Å²) in [7, 11) is -3.91. The first-order valence-electron chi connectivity index (χ1n) is 11.2. The van der Waals surface area contributed by atoms with Gasteiger partial charge in [0.25, 0.3) is 0 Å². The lowest BCUT2D eigenvalue weighted by atomic mass is 10.1. The summed E-state index contributed by atoms with van der Waals surface area (Å²) >= 11 is 0. The normalized spacial score (nSPS) is 12.0. The molecular weight excluding hydrogens is 460 g/mol. The van der Waals surface area contributed by atoms with E-state index in [2.05, 4.69) is 10.0 Å². The van der Waals surface area contributed by atoms with Crippen LogP contribution in [-0.4, -0.2) is 20.4 Å². The summed E-state index contributed by atoms with van der Waals surface area (Å²) in [6.07, 6.45) is 0.201. The lowest BCUT2D eigenvalue weighted by Crippen LogP contribution is -2.45. The van der Waals surface area contributed by atoms with Crippen molar-refractivity contribution in [3.63, 3.8) is 0 Å². The molecule has 4 aromatic rings. The standard InChI is InChI=1S/C28H26N2O4S/c1-21-12-18-26(19-13-21)35(32,33)30-27(20-22-8-4-2-5-9-22)28(31)29-23-14-16-25(17-15-23)34-24-10-6-3-7-11-24/h2-19,27,30H,20H2,1H3,(H,29,31). The van der Waals surface area contributed by atoms with E-state index in [9.17, 15) is 13.2 Å². The summed E-state index contributed by atoms with van der Waals surface area (Å²) in [5.74, 6) is 0.870. The van der Waals surface area contributed by atoms with Crippen LogP contribution in [0, 0.1) is 6.92 Å². The number of hydrogen-bond donors (Lipinski definition) is 2. The third-order valence-corrected chi connectivity index (χ3v) is 6.82. The van der Waals surface area contributed by atoms with Crippen LogP contribution in [0.2, 0.25) is 0 Å². The van der Waals surface area contributed by atoms with Gasteiger partial charge in [0, 0.05) is 5.69 Å². The Balaban J connectivity index is 1.50. The number of hydrogen-bond acceptors (Lipinski definition) is 4. The van der Waals surface area contributed by atoms with Gasteiger partial charge < -0.3 is 10.1 Å². The van der Waals surface area contributed by atoms with Crippen molar-refractivity contribution >= 4 is 21.6 Å². The van der Waals surface area contributed by atoms with E-state index in [0.29, 0.717) is 17.2 Å². The van der Waals surface area contributed by atoms with Gasteiger partial charge in [-0.2, -0.15) is 4.72 Å². The summed E-state index contributed by atoms with van der Waals surface area (Å²) in [6.45, 7) is 1.88. The molecule has 0 bridgehead atoms. The molecule has 2 N–H and O–H groups in total. The van der Waals surface area contributed by atoms with Crippen molar-refractivity contribution in [2.45, 2.75) is 24.3 Å². The predicted octanol–water partition coefficient (Wildman–Crippen LogP) is 5.32. The topological polar surface area (TPSA) is 84.5 Å². The van der Waals surface area contributed by atoms with Crippen molar-refractivity contribution in [2.24, 2.45) is 0 Å². The van der Waals surface area contributed by atoms with Gasteiger partial charge >= 0.3 is 0 Å². The molecule has 1 unspecified atom stereocenters. The third kappa shape index (κ3) is 6.79. The Labute approximate surface area is 205 Å². The lowest BCUT2D eigenvalue weighted by molar-refractivity contribution is -0.117. The summed E-state index contributed by atoms with van der Waals surface area (Å²) in [5, 5.41) is 2.82. The molecule has 4 aromatic carbocycles. The summed E-state index contributed by atoms with van der Waals surface area (Å²) < 4.78 is 34.4. The van der Waals surface area contributed by atoms with E-state index in [1.54, 1.807) is 36.4 Å². The van der Waals surface area contributed by atoms with Gasteiger partial charge in [-0.15, -0.1) is 0 Å². The van der Waals surface area contributed by atoms with Crippen LogP contribution in [0.1, 0.15) is 11.1 Å². The van der Waals surface area contributed by atoms with Gasteiger partial charge in [0.15, 0.2) is 0 Å². The molecule has 1 amide bonds. The molecule has 0 aliphatic heterocycles. The molecule has 0 radical (unpaired) electrons. The number of anilines is 1. The highest BCUT2D eigenvalue weighted by molar-refractivity contribution is 7.89. The fourth-order valence-corrected chi connectivity index (χ4v) is 4.67. The van der Waals surface area contributed by atoms with Gasteiger partial charge in [0.2, 0.25) is 15.9 Å². The molecule has 7 heteroatoms. The van der Waals surface area contributed by atoms with Crippen LogP contribution in [0.25, 0.3) is 0 Å². The van der Waals surface area contributed by atoms with Crippen molar-refractivity contribution in [1.82, 2.24) is 4.72 Å². The highest BCUT2D eigenvalue weighted by Crippen LogP contribution is 2.23. The van der Waals surface area contributed by atoms with E-state index in [0.717, 1.165) is 11.1 Å². The Bertz CT molecular complexity index is 1360. The molecule has 0 spiro atoms. The number of carbonyl (C=O) groups excluding carboxylic acids is 1. The lowest BCUT2D eigenvalue weighted by Gasteiger charge is -2.19. The molecule has 6 nitrogen and oxygen atoms in total. The zero-order chi connectivity index (χ0) is 24.7. The van der Waals surface area contributed by atoms with E-state index >= 15 is 0 Å². The van der Waals surface area contributed by atoms with Crippen molar-refractivity contribution in [3.8, 4) is 11.5 Å². The maximum atomic E-state index is 13.2. The Morgan fingerprint density at radius 2 is 1.34 bits per heavy atom. The number of amides is 1. The number of nitrogens with one attached hydrogen (secondary N) is 2. The fourth-order valence-electron chi connectivity index (χ4n) is 3.47. The van der Waals surface area contributed by atoms with Crippen LogP contribution < -0.4 is 14.8 Å². The van der Waals surface area contributed by atoms with Gasteiger partial charge in [-0.3, -0.25) is 4.79 Å². The number of rotatable bonds is 9. The van der Waals surface area contributed by atoms with Gasteiger partial charge in [-0.1, -0.05) is 66.2 Å². The molecule has 0 heterocycles. The first-order valence-corrected chi connectivity index (χ1v) is 12.6. The molecule has 0 aliphatic carbocycles. The first-order chi connectivity index (χ1) is 16.9. The number of aryl methyl sites for hydroxylation is 1. The van der Waals surface area contributed by atoms with E-state index in [1.807, 2.05) is 67.6 Å². The van der Waals surface area contributed by atoms with Crippen LogP contribution in [0.4, 0.5) is 5.69 Å². The van der Waals surface area contributed by atoms with Crippen LogP contribution in [-0.2, 0) is 21.2 Å². The monoisotopic (exact) mass is 486 g/mol. The molecule has 4 rings (SSSR count). The van der Waals surface area contributed by atoms with E-state index in [-0.39, 0.29) is 11.3 Å². The first kappa shape index (κ1) is 24.2. The van der Waals surface area contributed by atoms with E-state index < -0.39 is 22.0 Å². The highest BCUT2D eigenvalue weighted by atomic mass is 32.2. The molecule has 0 fully saturated rings. The van der Waals surface area contributed by atoms with Gasteiger partial charge in [-0.25, -0.2) is 8.42 Å². The predicted molar refractivity (Wildman–Crippen MR) is 137 cm³/mol. The number of para-hydroxylation sites is 1. The second kappa shape index (κ2) is 11.0. The minimum atomic E-state index is -3.91. The third-order valence-electron chi connectivity index (χ3n) is 5.33. The van der Waals surface area contributed by atoms with Crippen LogP contribution >= 0.6 is 0 Å². The molecule has 35 heavy (non-hydrogen) atoms.